The van der Waals surface area contributed by atoms with Gasteiger partial charge in [0, 0.05) is 28.6 Å². The Balaban J connectivity index is 1.67. The van der Waals surface area contributed by atoms with E-state index in [1.54, 1.807) is 42.3 Å². The Morgan fingerprint density at radius 2 is 1.74 bits per heavy atom. The quantitative estimate of drug-likeness (QED) is 0.286. The molecule has 154 valence electrons. The minimum absolute atomic E-state index is 0.328. The maximum Gasteiger partial charge on any atom is 0.271 e. The van der Waals surface area contributed by atoms with Gasteiger partial charge in [0.2, 0.25) is 0 Å². The first-order valence-electron chi connectivity index (χ1n) is 9.63. The summed E-state index contributed by atoms with van der Waals surface area (Å²) >= 11 is 0. The van der Waals surface area contributed by atoms with Gasteiger partial charge in [-0.25, -0.2) is 10.1 Å². The number of nitrogens with zero attached hydrogens (tertiary/aromatic N) is 3. The number of nitrogens with one attached hydrogen (secondary N) is 1. The van der Waals surface area contributed by atoms with E-state index in [2.05, 4.69) is 10.5 Å². The molecule has 0 aliphatic carbocycles. The van der Waals surface area contributed by atoms with Crippen molar-refractivity contribution in [3.05, 3.63) is 96.2 Å². The number of carbonyl (C=O) groups is 1. The minimum atomic E-state index is -0.328. The summed E-state index contributed by atoms with van der Waals surface area (Å²) in [5.74, 6) is 0.368. The highest BCUT2D eigenvalue weighted by Crippen LogP contribution is 2.31. The summed E-state index contributed by atoms with van der Waals surface area (Å²) in [7, 11) is 1.62. The molecule has 0 aliphatic rings. The lowest BCUT2D eigenvalue weighted by Gasteiger charge is -2.06. The number of anilines is 1. The lowest BCUT2D eigenvalue weighted by Crippen LogP contribution is -2.17. The van der Waals surface area contributed by atoms with E-state index in [4.69, 9.17) is 15.6 Å². The Labute approximate surface area is 179 Å². The largest absolute Gasteiger partial charge is 0.496 e. The monoisotopic (exact) mass is 411 g/mol. The SMILES string of the molecule is COc1ccccc1-c1nn(-c2ccccc2)cc1/C=N\NC(=O)c1ccc(N)cc1. The van der Waals surface area contributed by atoms with E-state index in [9.17, 15) is 4.79 Å². The van der Waals surface area contributed by atoms with E-state index in [1.807, 2.05) is 60.8 Å². The first-order chi connectivity index (χ1) is 15.2. The highest BCUT2D eigenvalue weighted by molar-refractivity contribution is 5.96. The first kappa shape index (κ1) is 19.9. The van der Waals surface area contributed by atoms with Crippen LogP contribution in [0.1, 0.15) is 15.9 Å². The molecular formula is C24H21N5O2. The summed E-state index contributed by atoms with van der Waals surface area (Å²) in [5.41, 5.74) is 12.4. The van der Waals surface area contributed by atoms with Crippen LogP contribution in [0.2, 0.25) is 0 Å². The molecule has 0 saturated carbocycles. The normalized spacial score (nSPS) is 10.9. The van der Waals surface area contributed by atoms with Crippen LogP contribution in [-0.2, 0) is 0 Å². The fourth-order valence-corrected chi connectivity index (χ4v) is 3.10. The van der Waals surface area contributed by atoms with Crippen LogP contribution in [0, 0.1) is 0 Å². The van der Waals surface area contributed by atoms with Gasteiger partial charge in [0.05, 0.1) is 19.0 Å². The van der Waals surface area contributed by atoms with Crippen LogP contribution in [0.5, 0.6) is 5.75 Å². The van der Waals surface area contributed by atoms with Crippen molar-refractivity contribution < 1.29 is 9.53 Å². The highest BCUT2D eigenvalue weighted by atomic mass is 16.5. The highest BCUT2D eigenvalue weighted by Gasteiger charge is 2.15. The number of amides is 1. The molecule has 7 nitrogen and oxygen atoms in total. The van der Waals surface area contributed by atoms with Gasteiger partial charge in [0.1, 0.15) is 11.4 Å². The Bertz CT molecular complexity index is 1210. The molecule has 1 heterocycles. The van der Waals surface area contributed by atoms with Crippen molar-refractivity contribution >= 4 is 17.8 Å². The molecule has 3 N–H and O–H groups in total. The molecule has 0 radical (unpaired) electrons. The molecule has 1 aromatic heterocycles. The van der Waals surface area contributed by atoms with Crippen LogP contribution < -0.4 is 15.9 Å². The van der Waals surface area contributed by atoms with E-state index in [1.165, 1.54) is 0 Å². The number of aromatic nitrogens is 2. The number of ether oxygens (including phenoxy) is 1. The van der Waals surface area contributed by atoms with Crippen LogP contribution in [0.25, 0.3) is 16.9 Å². The first-order valence-corrected chi connectivity index (χ1v) is 9.63. The molecule has 0 atom stereocenters. The van der Waals surface area contributed by atoms with E-state index in [-0.39, 0.29) is 5.91 Å². The van der Waals surface area contributed by atoms with Crippen LogP contribution in [0.4, 0.5) is 5.69 Å². The Hall–Kier alpha value is -4.39. The molecule has 0 bridgehead atoms. The van der Waals surface area contributed by atoms with Gasteiger partial charge in [-0.15, -0.1) is 0 Å². The lowest BCUT2D eigenvalue weighted by atomic mass is 10.1. The Morgan fingerprint density at radius 1 is 1.03 bits per heavy atom. The van der Waals surface area contributed by atoms with Gasteiger partial charge >= 0.3 is 0 Å². The second kappa shape index (κ2) is 8.96. The van der Waals surface area contributed by atoms with Gasteiger partial charge in [-0.2, -0.15) is 10.2 Å². The van der Waals surface area contributed by atoms with Gasteiger partial charge in [0.25, 0.3) is 5.91 Å². The third-order valence-corrected chi connectivity index (χ3v) is 4.67. The van der Waals surface area contributed by atoms with Crippen molar-refractivity contribution in [3.8, 4) is 22.7 Å². The average Bonchev–Trinajstić information content (AvgIpc) is 3.24. The Kier molecular flexibility index (Phi) is 5.75. The average molecular weight is 411 g/mol. The number of hydrogen-bond acceptors (Lipinski definition) is 5. The van der Waals surface area contributed by atoms with Crippen LogP contribution in [0.3, 0.4) is 0 Å². The second-order valence-corrected chi connectivity index (χ2v) is 6.73. The molecule has 0 aliphatic heterocycles. The zero-order valence-corrected chi connectivity index (χ0v) is 16.9. The number of para-hydroxylation sites is 2. The van der Waals surface area contributed by atoms with Crippen molar-refractivity contribution in [2.45, 2.75) is 0 Å². The molecule has 1 amide bonds. The van der Waals surface area contributed by atoms with Gasteiger partial charge in [-0.3, -0.25) is 4.79 Å². The van der Waals surface area contributed by atoms with Crippen LogP contribution in [0.15, 0.2) is 90.2 Å². The van der Waals surface area contributed by atoms with Gasteiger partial charge < -0.3 is 10.5 Å². The van der Waals surface area contributed by atoms with Crippen molar-refractivity contribution in [1.29, 1.82) is 0 Å². The maximum absolute atomic E-state index is 12.3. The standard InChI is InChI=1S/C24H21N5O2/c1-31-22-10-6-5-9-21(22)23-18(16-29(28-23)20-7-3-2-4-8-20)15-26-27-24(30)17-11-13-19(25)14-12-17/h2-16H,25H2,1H3,(H,27,30)/b26-15-. The number of benzene rings is 3. The predicted octanol–water partition coefficient (Wildman–Crippen LogP) is 3.89. The number of carbonyl (C=O) groups excluding carboxylic acids is 1. The van der Waals surface area contributed by atoms with Gasteiger partial charge in [-0.05, 0) is 48.5 Å². The lowest BCUT2D eigenvalue weighted by molar-refractivity contribution is 0.0955. The summed E-state index contributed by atoms with van der Waals surface area (Å²) in [6.07, 6.45) is 3.43. The van der Waals surface area contributed by atoms with Crippen molar-refractivity contribution in [1.82, 2.24) is 15.2 Å². The van der Waals surface area contributed by atoms with E-state index in [0.29, 0.717) is 22.7 Å². The number of methoxy groups -OCH3 is 1. The molecule has 0 unspecified atom stereocenters. The zero-order valence-electron chi connectivity index (χ0n) is 16.9. The van der Waals surface area contributed by atoms with E-state index >= 15 is 0 Å². The summed E-state index contributed by atoms with van der Waals surface area (Å²) in [6.45, 7) is 0. The summed E-state index contributed by atoms with van der Waals surface area (Å²) in [4.78, 5) is 12.3. The van der Waals surface area contributed by atoms with Gasteiger partial charge in [0.15, 0.2) is 0 Å². The fourth-order valence-electron chi connectivity index (χ4n) is 3.10. The third-order valence-electron chi connectivity index (χ3n) is 4.67. The number of rotatable bonds is 6. The Morgan fingerprint density at radius 3 is 2.48 bits per heavy atom. The van der Waals surface area contributed by atoms with Crippen LogP contribution >= 0.6 is 0 Å². The predicted molar refractivity (Wildman–Crippen MR) is 121 cm³/mol. The number of hydrogen-bond donors (Lipinski definition) is 2. The van der Waals surface area contributed by atoms with Gasteiger partial charge in [-0.1, -0.05) is 30.3 Å². The minimum Gasteiger partial charge on any atom is -0.496 e. The summed E-state index contributed by atoms with van der Waals surface area (Å²) in [6, 6.07) is 24.0. The maximum atomic E-state index is 12.3. The third kappa shape index (κ3) is 4.45. The fraction of sp³-hybridized carbons (Fsp3) is 0.0417. The molecule has 31 heavy (non-hydrogen) atoms. The number of hydrazone groups is 1. The second-order valence-electron chi connectivity index (χ2n) is 6.73. The van der Waals surface area contributed by atoms with Crippen LogP contribution in [-0.4, -0.2) is 29.0 Å². The molecule has 4 aromatic rings. The van der Waals surface area contributed by atoms with E-state index < -0.39 is 0 Å². The van der Waals surface area contributed by atoms with Crippen molar-refractivity contribution in [2.24, 2.45) is 5.10 Å². The molecule has 0 spiro atoms. The molecule has 3 aromatic carbocycles. The number of nitrogen functional groups attached to an aromatic ring is 1. The molecule has 7 heteroatoms. The van der Waals surface area contributed by atoms with E-state index in [0.717, 1.165) is 16.8 Å². The summed E-state index contributed by atoms with van der Waals surface area (Å²) in [5, 5.41) is 8.88. The molecular weight excluding hydrogens is 390 g/mol. The topological polar surface area (TPSA) is 94.5 Å². The van der Waals surface area contributed by atoms with Crippen molar-refractivity contribution in [2.75, 3.05) is 12.8 Å². The molecule has 0 saturated heterocycles. The number of nitrogens with two attached hydrogens (primary N) is 1. The molecule has 4 rings (SSSR count). The van der Waals surface area contributed by atoms with Crippen molar-refractivity contribution in [3.63, 3.8) is 0 Å². The summed E-state index contributed by atoms with van der Waals surface area (Å²) < 4.78 is 7.27. The zero-order chi connectivity index (χ0) is 21.6. The smallest absolute Gasteiger partial charge is 0.271 e. The molecule has 0 fully saturated rings.